The van der Waals surface area contributed by atoms with E-state index in [1.54, 1.807) is 43.3 Å². The van der Waals surface area contributed by atoms with Crippen LogP contribution in [0.4, 0.5) is 0 Å². The van der Waals surface area contributed by atoms with Crippen LogP contribution in [0.25, 0.3) is 5.65 Å². The number of halogens is 1. The first-order valence-electron chi connectivity index (χ1n) is 12.2. The maximum atomic E-state index is 13.5. The van der Waals surface area contributed by atoms with Crippen LogP contribution < -0.4 is 10.6 Å². The predicted molar refractivity (Wildman–Crippen MR) is 143 cm³/mol. The maximum Gasteiger partial charge on any atom is 0.335 e. The molecule has 3 N–H and O–H groups in total. The maximum absolute atomic E-state index is 13.5. The van der Waals surface area contributed by atoms with Gasteiger partial charge in [0.1, 0.15) is 11.4 Å². The number of ketones is 1. The second-order valence-electron chi connectivity index (χ2n) is 9.27. The quantitative estimate of drug-likeness (QED) is 0.301. The lowest BCUT2D eigenvalue weighted by molar-refractivity contribution is 0.0695. The molecular weight excluding hydrogens is 522 g/mol. The molecule has 2 aromatic heterocycles. The van der Waals surface area contributed by atoms with Crippen LogP contribution in [0.1, 0.15) is 76.4 Å². The van der Waals surface area contributed by atoms with Crippen molar-refractivity contribution in [3.8, 4) is 0 Å². The summed E-state index contributed by atoms with van der Waals surface area (Å²) in [6.07, 6.45) is 2.52. The number of aromatic carboxylic acids is 1. The zero-order chi connectivity index (χ0) is 27.8. The highest BCUT2D eigenvalue weighted by atomic mass is 35.5. The molecule has 2 amide bonds. The Kier molecular flexibility index (Phi) is 6.88. The minimum atomic E-state index is -0.998. The molecule has 0 aliphatic heterocycles. The van der Waals surface area contributed by atoms with E-state index in [0.29, 0.717) is 29.0 Å². The van der Waals surface area contributed by atoms with Crippen LogP contribution in [-0.4, -0.2) is 50.3 Å². The van der Waals surface area contributed by atoms with Gasteiger partial charge >= 0.3 is 5.97 Å². The molecular formula is C28H24ClN5O5. The lowest BCUT2D eigenvalue weighted by Crippen LogP contribution is -2.30. The largest absolute Gasteiger partial charge is 0.478 e. The van der Waals surface area contributed by atoms with Gasteiger partial charge < -0.3 is 15.7 Å². The van der Waals surface area contributed by atoms with Crippen molar-refractivity contribution < 1.29 is 24.3 Å². The van der Waals surface area contributed by atoms with Crippen LogP contribution in [0.2, 0.25) is 5.02 Å². The third-order valence-corrected chi connectivity index (χ3v) is 7.37. The van der Waals surface area contributed by atoms with Gasteiger partial charge in [0.15, 0.2) is 11.4 Å². The Bertz CT molecular complexity index is 1680. The highest BCUT2D eigenvalue weighted by molar-refractivity contribution is 6.31. The van der Waals surface area contributed by atoms with E-state index in [9.17, 15) is 24.3 Å². The number of hydrogen-bond donors (Lipinski definition) is 3. The Morgan fingerprint density at radius 1 is 1.10 bits per heavy atom. The zero-order valence-corrected chi connectivity index (χ0v) is 21.9. The Hall–Kier alpha value is -4.57. The number of carbonyl (C=O) groups is 4. The van der Waals surface area contributed by atoms with Crippen molar-refractivity contribution in [2.24, 2.45) is 0 Å². The van der Waals surface area contributed by atoms with E-state index >= 15 is 0 Å². The van der Waals surface area contributed by atoms with Crippen LogP contribution in [0.15, 0.2) is 48.7 Å². The molecule has 4 aromatic rings. The monoisotopic (exact) mass is 545 g/mol. The fraction of sp³-hybridized carbons (Fsp3) is 0.214. The van der Waals surface area contributed by atoms with Crippen LogP contribution in [-0.2, 0) is 12.8 Å². The number of amides is 2. The summed E-state index contributed by atoms with van der Waals surface area (Å²) < 4.78 is 1.25. The molecule has 0 unspecified atom stereocenters. The molecule has 2 aromatic carbocycles. The van der Waals surface area contributed by atoms with Crippen LogP contribution in [0.5, 0.6) is 0 Å². The highest BCUT2D eigenvalue weighted by Crippen LogP contribution is 2.35. The molecule has 10 nitrogen and oxygen atoms in total. The molecule has 39 heavy (non-hydrogen) atoms. The van der Waals surface area contributed by atoms with E-state index in [1.807, 2.05) is 0 Å². The van der Waals surface area contributed by atoms with E-state index in [1.165, 1.54) is 23.8 Å². The van der Waals surface area contributed by atoms with Gasteiger partial charge in [-0.15, -0.1) is 0 Å². The van der Waals surface area contributed by atoms with Gasteiger partial charge in [0, 0.05) is 24.6 Å². The standard InChI is InChI=1S/C28H24ClN5O5/c1-14-16-9-10-21(18(16)8-7-17(14)28(38)39)33-27(37)23-12-22(26(36)30-2)32-25-19(13-31-34(23)25)24(35)11-15-5-3-4-6-20(15)29/h3-8,12-13,21H,9-11H2,1-2H3,(H,30,36)(H,33,37)(H,38,39)/t21-/m0/s1. The minimum absolute atomic E-state index is 0.00895. The lowest BCUT2D eigenvalue weighted by atomic mass is 9.98. The van der Waals surface area contributed by atoms with Crippen molar-refractivity contribution in [3.05, 3.63) is 98.5 Å². The summed E-state index contributed by atoms with van der Waals surface area (Å²) in [5.74, 6) is -2.36. The number of nitrogens with one attached hydrogen (secondary N) is 2. The van der Waals surface area contributed by atoms with Crippen molar-refractivity contribution >= 4 is 40.8 Å². The number of carboxylic acids is 1. The van der Waals surface area contributed by atoms with Gasteiger partial charge in [0.2, 0.25) is 0 Å². The van der Waals surface area contributed by atoms with Gasteiger partial charge in [-0.2, -0.15) is 5.10 Å². The van der Waals surface area contributed by atoms with Gasteiger partial charge in [-0.3, -0.25) is 14.4 Å². The molecule has 198 valence electrons. The number of rotatable bonds is 7. The first-order valence-corrected chi connectivity index (χ1v) is 12.6. The van der Waals surface area contributed by atoms with Crippen LogP contribution in [0, 0.1) is 6.92 Å². The van der Waals surface area contributed by atoms with Crippen molar-refractivity contribution in [1.82, 2.24) is 25.2 Å². The topological polar surface area (TPSA) is 143 Å². The van der Waals surface area contributed by atoms with Gasteiger partial charge in [-0.1, -0.05) is 35.9 Å². The molecule has 1 aliphatic carbocycles. The second kappa shape index (κ2) is 10.3. The van der Waals surface area contributed by atoms with Crippen molar-refractivity contribution in [3.63, 3.8) is 0 Å². The fourth-order valence-corrected chi connectivity index (χ4v) is 5.17. The number of carboxylic acid groups (broad SMARTS) is 1. The van der Waals surface area contributed by atoms with E-state index in [-0.39, 0.29) is 46.4 Å². The van der Waals surface area contributed by atoms with E-state index in [4.69, 9.17) is 11.6 Å². The number of benzene rings is 2. The first-order chi connectivity index (χ1) is 18.7. The average molecular weight is 546 g/mol. The SMILES string of the molecule is CNC(=O)c1cc(C(=O)N[C@H]2CCc3c2ccc(C(=O)O)c3C)n2ncc(C(=O)Cc3ccccc3Cl)c2n1. The summed E-state index contributed by atoms with van der Waals surface area (Å²) in [5, 5.41) is 19.6. The number of hydrogen-bond acceptors (Lipinski definition) is 6. The second-order valence-corrected chi connectivity index (χ2v) is 9.67. The Morgan fingerprint density at radius 2 is 1.87 bits per heavy atom. The molecule has 0 saturated carbocycles. The van der Waals surface area contributed by atoms with Gasteiger partial charge in [0.05, 0.1) is 23.4 Å². The minimum Gasteiger partial charge on any atom is -0.478 e. The molecule has 0 bridgehead atoms. The van der Waals surface area contributed by atoms with Crippen molar-refractivity contribution in [2.75, 3.05) is 7.05 Å². The van der Waals surface area contributed by atoms with E-state index in [2.05, 4.69) is 20.7 Å². The van der Waals surface area contributed by atoms with Gasteiger partial charge in [0.25, 0.3) is 11.8 Å². The molecule has 0 fully saturated rings. The number of Topliss-reactive ketones (excluding diaryl/α,β-unsaturated/α-hetero) is 1. The highest BCUT2D eigenvalue weighted by Gasteiger charge is 2.29. The van der Waals surface area contributed by atoms with Gasteiger partial charge in [-0.05, 0) is 54.2 Å². The van der Waals surface area contributed by atoms with Gasteiger partial charge in [-0.25, -0.2) is 14.3 Å². The number of aromatic nitrogens is 3. The molecule has 2 heterocycles. The predicted octanol–water partition coefficient (Wildman–Crippen LogP) is 3.59. The normalized spacial score (nSPS) is 14.2. The Balaban J connectivity index is 1.50. The smallest absolute Gasteiger partial charge is 0.335 e. The van der Waals surface area contributed by atoms with E-state index in [0.717, 1.165) is 11.1 Å². The average Bonchev–Trinajstić information content (AvgIpc) is 3.53. The summed E-state index contributed by atoms with van der Waals surface area (Å²) in [4.78, 5) is 55.1. The van der Waals surface area contributed by atoms with E-state index < -0.39 is 17.8 Å². The number of fused-ring (bicyclic) bond motifs is 2. The first kappa shape index (κ1) is 26.1. The van der Waals surface area contributed by atoms with Crippen LogP contribution in [0.3, 0.4) is 0 Å². The molecule has 1 aliphatic rings. The molecule has 1 atom stereocenters. The summed E-state index contributed by atoms with van der Waals surface area (Å²) in [6.45, 7) is 1.76. The summed E-state index contributed by atoms with van der Waals surface area (Å²) in [6, 6.07) is 11.2. The number of nitrogens with zero attached hydrogens (tertiary/aromatic N) is 3. The zero-order valence-electron chi connectivity index (χ0n) is 21.1. The van der Waals surface area contributed by atoms with Crippen molar-refractivity contribution in [2.45, 2.75) is 32.2 Å². The molecule has 0 radical (unpaired) electrons. The Labute approximate surface area is 228 Å². The number of carbonyl (C=O) groups excluding carboxylic acids is 3. The summed E-state index contributed by atoms with van der Waals surface area (Å²) in [5.41, 5.74) is 3.50. The Morgan fingerprint density at radius 3 is 2.59 bits per heavy atom. The molecule has 11 heteroatoms. The third-order valence-electron chi connectivity index (χ3n) is 7.00. The molecule has 0 saturated heterocycles. The lowest BCUT2D eigenvalue weighted by Gasteiger charge is -2.16. The molecule has 0 spiro atoms. The molecule has 5 rings (SSSR count). The van der Waals surface area contributed by atoms with Crippen LogP contribution >= 0.6 is 11.6 Å². The fourth-order valence-electron chi connectivity index (χ4n) is 4.97. The summed E-state index contributed by atoms with van der Waals surface area (Å²) >= 11 is 6.23. The summed E-state index contributed by atoms with van der Waals surface area (Å²) in [7, 11) is 1.44. The third kappa shape index (κ3) is 4.74. The van der Waals surface area contributed by atoms with Crippen molar-refractivity contribution in [1.29, 1.82) is 0 Å².